The zero-order valence-corrected chi connectivity index (χ0v) is 16.9. The maximum Gasteiger partial charge on any atom is 0.416 e. The van der Waals surface area contributed by atoms with Gasteiger partial charge < -0.3 is 5.11 Å². The fourth-order valence-electron chi connectivity index (χ4n) is 4.21. The van der Waals surface area contributed by atoms with Gasteiger partial charge in [0.05, 0.1) is 23.5 Å². The van der Waals surface area contributed by atoms with E-state index in [1.54, 1.807) is 15.3 Å². The topological polar surface area (TPSA) is 62.2 Å². The van der Waals surface area contributed by atoms with Crippen molar-refractivity contribution in [3.63, 3.8) is 0 Å². The van der Waals surface area contributed by atoms with Crippen LogP contribution in [-0.4, -0.2) is 27.7 Å². The summed E-state index contributed by atoms with van der Waals surface area (Å²) >= 11 is 7.25. The fraction of sp³-hybridized carbons (Fsp3) is 0.316. The molecule has 0 saturated carbocycles. The number of anilines is 1. The van der Waals surface area contributed by atoms with Crippen molar-refractivity contribution in [2.75, 3.05) is 18.0 Å². The largest absolute Gasteiger partial charge is 0.483 e. The van der Waals surface area contributed by atoms with Crippen LogP contribution in [0.3, 0.4) is 0 Å². The second kappa shape index (κ2) is 6.71. The van der Waals surface area contributed by atoms with Crippen molar-refractivity contribution in [1.29, 1.82) is 0 Å². The molecule has 2 aromatic heterocycles. The molecule has 3 aromatic rings. The Morgan fingerprint density at radius 2 is 2.07 bits per heavy atom. The van der Waals surface area contributed by atoms with Gasteiger partial charge in [0.25, 0.3) is 5.88 Å². The molecule has 0 radical (unpaired) electrons. The first-order chi connectivity index (χ1) is 14.3. The van der Waals surface area contributed by atoms with Crippen molar-refractivity contribution >= 4 is 28.9 Å². The van der Waals surface area contributed by atoms with Crippen LogP contribution in [0.5, 0.6) is 5.88 Å². The molecular formula is C19H15ClF3N4O2S+. The van der Waals surface area contributed by atoms with E-state index in [2.05, 4.69) is 4.98 Å². The van der Waals surface area contributed by atoms with Crippen molar-refractivity contribution < 1.29 is 22.8 Å². The second-order valence-corrected chi connectivity index (χ2v) is 8.86. The van der Waals surface area contributed by atoms with Crippen LogP contribution < -0.4 is 15.0 Å². The Hall–Kier alpha value is -2.59. The number of hydrogen-bond donors (Lipinski definition) is 1. The molecule has 30 heavy (non-hydrogen) atoms. The maximum atomic E-state index is 13.5. The zero-order chi connectivity index (χ0) is 21.2. The minimum atomic E-state index is -4.56. The van der Waals surface area contributed by atoms with E-state index in [4.69, 9.17) is 11.6 Å². The van der Waals surface area contributed by atoms with E-state index < -0.39 is 17.3 Å². The van der Waals surface area contributed by atoms with Gasteiger partial charge in [-0.25, -0.2) is 9.78 Å². The lowest BCUT2D eigenvalue weighted by Gasteiger charge is -2.26. The molecule has 0 bridgehead atoms. The Morgan fingerprint density at radius 1 is 1.27 bits per heavy atom. The molecule has 0 amide bonds. The average Bonchev–Trinajstić information content (AvgIpc) is 3.32. The lowest BCUT2D eigenvalue weighted by molar-refractivity contribution is -0.720. The smallest absolute Gasteiger partial charge is 0.416 e. The van der Waals surface area contributed by atoms with Crippen LogP contribution in [0.25, 0.3) is 11.1 Å². The third-order valence-corrected chi connectivity index (χ3v) is 6.75. The maximum absolute atomic E-state index is 13.5. The molecule has 2 aliphatic rings. The van der Waals surface area contributed by atoms with Gasteiger partial charge in [0.15, 0.2) is 4.47 Å². The van der Waals surface area contributed by atoms with Gasteiger partial charge in [-0.1, -0.05) is 23.7 Å². The van der Waals surface area contributed by atoms with Crippen LogP contribution in [0, 0.1) is 0 Å². The van der Waals surface area contributed by atoms with E-state index >= 15 is 0 Å². The van der Waals surface area contributed by atoms with Gasteiger partial charge in [0.2, 0.25) is 0 Å². The third kappa shape index (κ3) is 2.89. The molecule has 4 heterocycles. The number of halogens is 4. The van der Waals surface area contributed by atoms with Gasteiger partial charge in [-0.15, -0.1) is 11.3 Å². The van der Waals surface area contributed by atoms with Gasteiger partial charge in [-0.2, -0.15) is 22.3 Å². The van der Waals surface area contributed by atoms with E-state index in [1.165, 1.54) is 23.5 Å². The van der Waals surface area contributed by atoms with Crippen molar-refractivity contribution in [3.8, 4) is 17.0 Å². The number of thiazole rings is 1. The number of benzene rings is 1. The molecule has 1 unspecified atom stereocenters. The predicted molar refractivity (Wildman–Crippen MR) is 105 cm³/mol. The summed E-state index contributed by atoms with van der Waals surface area (Å²) in [6.45, 7) is 1.72. The lowest BCUT2D eigenvalue weighted by Crippen LogP contribution is -2.61. The Morgan fingerprint density at radius 3 is 2.77 bits per heavy atom. The molecule has 0 spiro atoms. The van der Waals surface area contributed by atoms with Gasteiger partial charge in [0, 0.05) is 12.6 Å². The Kier molecular flexibility index (Phi) is 4.33. The van der Waals surface area contributed by atoms with Crippen molar-refractivity contribution in [2.24, 2.45) is 0 Å². The molecule has 0 fully saturated rings. The van der Waals surface area contributed by atoms with Crippen molar-refractivity contribution in [1.82, 2.24) is 9.55 Å². The zero-order valence-electron chi connectivity index (χ0n) is 15.4. The van der Waals surface area contributed by atoms with Crippen LogP contribution in [0.4, 0.5) is 19.1 Å². The van der Waals surface area contributed by atoms with Crippen LogP contribution in [-0.2, 0) is 12.7 Å². The highest BCUT2D eigenvalue weighted by atomic mass is 35.5. The molecule has 2 aliphatic heterocycles. The Bertz CT molecular complexity index is 1220. The first kappa shape index (κ1) is 19.4. The van der Waals surface area contributed by atoms with E-state index in [1.807, 2.05) is 4.90 Å². The fourth-order valence-corrected chi connectivity index (χ4v) is 5.29. The molecule has 156 valence electrons. The third-order valence-electron chi connectivity index (χ3n) is 5.53. The quantitative estimate of drug-likeness (QED) is 0.601. The summed E-state index contributed by atoms with van der Waals surface area (Å²) in [5.74, 6) is 0.227. The van der Waals surface area contributed by atoms with Gasteiger partial charge >= 0.3 is 17.7 Å². The number of rotatable bonds is 2. The molecule has 11 heteroatoms. The SMILES string of the molecule is O=c1c(-c2cccc(C(F)(F)F)c2)c(O)n2c3[n+]1C(c1cnc(Cl)s1)CCN3CC2. The predicted octanol–water partition coefficient (Wildman–Crippen LogP) is 3.45. The summed E-state index contributed by atoms with van der Waals surface area (Å²) in [6, 6.07) is 4.11. The van der Waals surface area contributed by atoms with E-state index in [-0.39, 0.29) is 23.0 Å². The highest BCUT2D eigenvalue weighted by Gasteiger charge is 2.44. The summed E-state index contributed by atoms with van der Waals surface area (Å²) in [5, 5.41) is 10.9. The summed E-state index contributed by atoms with van der Waals surface area (Å²) in [6.07, 6.45) is -2.32. The average molecular weight is 456 g/mol. The minimum Gasteiger partial charge on any atom is -0.483 e. The van der Waals surface area contributed by atoms with Crippen LogP contribution in [0.2, 0.25) is 4.47 Å². The summed E-state index contributed by atoms with van der Waals surface area (Å²) in [7, 11) is 0. The highest BCUT2D eigenvalue weighted by Crippen LogP contribution is 2.38. The summed E-state index contributed by atoms with van der Waals surface area (Å²) in [5.41, 5.74) is -1.54. The molecule has 1 atom stereocenters. The minimum absolute atomic E-state index is 0.0245. The van der Waals surface area contributed by atoms with Gasteiger partial charge in [-0.3, -0.25) is 4.90 Å². The second-order valence-electron chi connectivity index (χ2n) is 7.21. The molecule has 1 N–H and O–H groups in total. The van der Waals surface area contributed by atoms with Crippen molar-refractivity contribution in [2.45, 2.75) is 25.2 Å². The summed E-state index contributed by atoms with van der Waals surface area (Å²) < 4.78 is 43.1. The molecule has 5 rings (SSSR count). The van der Waals surface area contributed by atoms with Gasteiger partial charge in [-0.05, 0) is 17.7 Å². The normalized spacial score (nSPS) is 18.0. The van der Waals surface area contributed by atoms with E-state index in [0.29, 0.717) is 36.5 Å². The molecule has 0 saturated heterocycles. The van der Waals surface area contributed by atoms with Crippen LogP contribution >= 0.6 is 22.9 Å². The van der Waals surface area contributed by atoms with Gasteiger partial charge in [0.1, 0.15) is 18.2 Å². The molecular weight excluding hydrogens is 441 g/mol. The number of nitrogens with zero attached hydrogens (tertiary/aromatic N) is 4. The van der Waals surface area contributed by atoms with E-state index in [0.717, 1.165) is 17.0 Å². The standard InChI is InChI=1S/C19H14ClF3N4O2S/c20-17-24-9-13(30-17)12-4-5-25-6-7-26-15(28)14(16(29)27(12)18(25)26)10-2-1-3-11(8-10)19(21,22)23/h1-3,8-9,12H,4-7H2/p+1. The first-order valence-corrected chi connectivity index (χ1v) is 10.4. The number of alkyl halides is 3. The molecule has 6 nitrogen and oxygen atoms in total. The van der Waals surface area contributed by atoms with Crippen LogP contribution in [0.15, 0.2) is 35.3 Å². The Labute approximate surface area is 177 Å². The van der Waals surface area contributed by atoms with Crippen LogP contribution in [0.1, 0.15) is 22.9 Å². The monoisotopic (exact) mass is 455 g/mol. The van der Waals surface area contributed by atoms with Crippen molar-refractivity contribution in [3.05, 3.63) is 55.7 Å². The summed E-state index contributed by atoms with van der Waals surface area (Å²) in [4.78, 5) is 20.4. The Balaban J connectivity index is 1.77. The lowest BCUT2D eigenvalue weighted by atomic mass is 10.0. The molecule has 0 aliphatic carbocycles. The number of aromatic hydroxyl groups is 1. The number of hydrogen-bond acceptors (Lipinski definition) is 5. The van der Waals surface area contributed by atoms with E-state index in [9.17, 15) is 23.1 Å². The molecule has 1 aromatic carbocycles. The number of aromatic nitrogens is 3. The first-order valence-electron chi connectivity index (χ1n) is 9.21. The highest BCUT2D eigenvalue weighted by molar-refractivity contribution is 7.15.